The number of carbonyl (C=O) groups excluding carboxylic acids is 1. The maximum absolute atomic E-state index is 11.9. The number of hydrogen-bond donors (Lipinski definition) is 2. The molecule has 6 heteroatoms. The largest absolute Gasteiger partial charge is 0.395 e. The van der Waals surface area contributed by atoms with Crippen molar-refractivity contribution in [3.8, 4) is 5.82 Å². The molecule has 0 aliphatic heterocycles. The second-order valence-electron chi connectivity index (χ2n) is 3.94. The van der Waals surface area contributed by atoms with Crippen LogP contribution < -0.4 is 5.32 Å². The molecule has 0 bridgehead atoms. The van der Waals surface area contributed by atoms with Crippen molar-refractivity contribution in [2.75, 3.05) is 13.2 Å². The summed E-state index contributed by atoms with van der Waals surface area (Å²) < 4.78 is 1.66. The van der Waals surface area contributed by atoms with E-state index in [0.29, 0.717) is 17.8 Å². The van der Waals surface area contributed by atoms with Gasteiger partial charge in [-0.2, -0.15) is 5.10 Å². The molecule has 0 aromatic carbocycles. The third kappa shape index (κ3) is 2.79. The van der Waals surface area contributed by atoms with Crippen LogP contribution in [0.1, 0.15) is 23.0 Å². The Morgan fingerprint density at radius 3 is 2.95 bits per heavy atom. The summed E-state index contributed by atoms with van der Waals surface area (Å²) in [6.45, 7) is 2.11. The molecule has 2 rings (SSSR count). The van der Waals surface area contributed by atoms with Crippen LogP contribution in [0.4, 0.5) is 0 Å². The third-order valence-corrected chi connectivity index (χ3v) is 2.71. The van der Waals surface area contributed by atoms with Crippen molar-refractivity contribution in [1.82, 2.24) is 20.1 Å². The monoisotopic (exact) mass is 260 g/mol. The summed E-state index contributed by atoms with van der Waals surface area (Å²) in [6.07, 6.45) is 3.88. The van der Waals surface area contributed by atoms with Crippen molar-refractivity contribution in [3.05, 3.63) is 41.9 Å². The number of nitrogens with zero attached hydrogens (tertiary/aromatic N) is 3. The fraction of sp³-hybridized carbons (Fsp3) is 0.308. The van der Waals surface area contributed by atoms with Gasteiger partial charge < -0.3 is 10.4 Å². The van der Waals surface area contributed by atoms with E-state index in [0.717, 1.165) is 5.69 Å². The van der Waals surface area contributed by atoms with Gasteiger partial charge in [0.05, 0.1) is 24.1 Å². The average Bonchev–Trinajstić information content (AvgIpc) is 2.89. The highest BCUT2D eigenvalue weighted by Gasteiger charge is 2.16. The Bertz CT molecular complexity index is 551. The zero-order valence-corrected chi connectivity index (χ0v) is 10.7. The molecule has 0 spiro atoms. The number of aliphatic hydroxyl groups excluding tert-OH is 1. The number of hydrogen-bond acceptors (Lipinski definition) is 4. The Labute approximate surface area is 111 Å². The number of amides is 1. The molecule has 1 amide bonds. The van der Waals surface area contributed by atoms with E-state index in [1.165, 1.54) is 6.20 Å². The van der Waals surface area contributed by atoms with E-state index in [1.807, 2.05) is 25.1 Å². The molecule has 2 N–H and O–H groups in total. The quantitative estimate of drug-likeness (QED) is 0.823. The molecule has 0 fully saturated rings. The van der Waals surface area contributed by atoms with Crippen LogP contribution >= 0.6 is 0 Å². The van der Waals surface area contributed by atoms with E-state index in [-0.39, 0.29) is 19.1 Å². The lowest BCUT2D eigenvalue weighted by Crippen LogP contribution is -2.27. The number of pyridine rings is 1. The normalized spacial score (nSPS) is 10.4. The molecule has 6 nitrogen and oxygen atoms in total. The minimum atomic E-state index is -0.229. The van der Waals surface area contributed by atoms with Gasteiger partial charge in [0.1, 0.15) is 0 Å². The van der Waals surface area contributed by atoms with E-state index < -0.39 is 0 Å². The lowest BCUT2D eigenvalue weighted by atomic mass is 10.2. The van der Waals surface area contributed by atoms with Gasteiger partial charge in [0, 0.05) is 12.7 Å². The van der Waals surface area contributed by atoms with Gasteiger partial charge in [-0.25, -0.2) is 9.67 Å². The highest BCUT2D eigenvalue weighted by atomic mass is 16.3. The summed E-state index contributed by atoms with van der Waals surface area (Å²) in [7, 11) is 0. The summed E-state index contributed by atoms with van der Waals surface area (Å²) in [6, 6.07) is 5.53. The predicted molar refractivity (Wildman–Crippen MR) is 70.2 cm³/mol. The standard InChI is InChI=1S/C13H16N4O2/c1-2-11-10(13(19)15-7-8-18)9-16-17(11)12-5-3-4-6-14-12/h3-6,9,18H,2,7-8H2,1H3,(H,15,19). The van der Waals surface area contributed by atoms with E-state index in [1.54, 1.807) is 10.9 Å². The Morgan fingerprint density at radius 1 is 1.47 bits per heavy atom. The van der Waals surface area contributed by atoms with Crippen LogP contribution in [0.5, 0.6) is 0 Å². The minimum Gasteiger partial charge on any atom is -0.395 e. The molecule has 0 aliphatic rings. The van der Waals surface area contributed by atoms with Crippen molar-refractivity contribution in [2.24, 2.45) is 0 Å². The van der Waals surface area contributed by atoms with Gasteiger partial charge in [0.25, 0.3) is 5.91 Å². The van der Waals surface area contributed by atoms with Gasteiger partial charge >= 0.3 is 0 Å². The van der Waals surface area contributed by atoms with Crippen LogP contribution in [-0.2, 0) is 6.42 Å². The Kier molecular flexibility index (Phi) is 4.25. The smallest absolute Gasteiger partial charge is 0.254 e. The van der Waals surface area contributed by atoms with Crippen molar-refractivity contribution < 1.29 is 9.90 Å². The second-order valence-corrected chi connectivity index (χ2v) is 3.94. The van der Waals surface area contributed by atoms with Crippen LogP contribution in [0, 0.1) is 0 Å². The number of aromatic nitrogens is 3. The van der Waals surface area contributed by atoms with Gasteiger partial charge in [-0.15, -0.1) is 0 Å². The van der Waals surface area contributed by atoms with Crippen LogP contribution in [0.15, 0.2) is 30.6 Å². The number of rotatable bonds is 5. The fourth-order valence-corrected chi connectivity index (χ4v) is 1.84. The predicted octanol–water partition coefficient (Wildman–Crippen LogP) is 0.552. The molecule has 0 saturated heterocycles. The van der Waals surface area contributed by atoms with Crippen molar-refractivity contribution in [2.45, 2.75) is 13.3 Å². The first-order valence-corrected chi connectivity index (χ1v) is 6.15. The Morgan fingerprint density at radius 2 is 2.32 bits per heavy atom. The highest BCUT2D eigenvalue weighted by Crippen LogP contribution is 2.13. The van der Waals surface area contributed by atoms with Crippen molar-refractivity contribution in [3.63, 3.8) is 0 Å². The fourth-order valence-electron chi connectivity index (χ4n) is 1.84. The van der Waals surface area contributed by atoms with Crippen molar-refractivity contribution in [1.29, 1.82) is 0 Å². The molecule has 0 radical (unpaired) electrons. The maximum atomic E-state index is 11.9. The maximum Gasteiger partial charge on any atom is 0.254 e. The van der Waals surface area contributed by atoms with Gasteiger partial charge in [0.15, 0.2) is 5.82 Å². The van der Waals surface area contributed by atoms with Crippen LogP contribution in [-0.4, -0.2) is 38.9 Å². The second kappa shape index (κ2) is 6.10. The first kappa shape index (κ1) is 13.2. The first-order valence-electron chi connectivity index (χ1n) is 6.15. The van der Waals surface area contributed by atoms with Crippen molar-refractivity contribution >= 4 is 5.91 Å². The Hall–Kier alpha value is -2.21. The van der Waals surface area contributed by atoms with Crippen LogP contribution in [0.2, 0.25) is 0 Å². The van der Waals surface area contributed by atoms with Gasteiger partial charge in [-0.05, 0) is 18.6 Å². The molecule has 19 heavy (non-hydrogen) atoms. The zero-order valence-electron chi connectivity index (χ0n) is 10.7. The minimum absolute atomic E-state index is 0.0818. The van der Waals surface area contributed by atoms with Crippen LogP contribution in [0.25, 0.3) is 5.82 Å². The molecular formula is C13H16N4O2. The van der Waals surface area contributed by atoms with E-state index in [4.69, 9.17) is 5.11 Å². The molecule has 0 unspecified atom stereocenters. The van der Waals surface area contributed by atoms with E-state index in [2.05, 4.69) is 15.4 Å². The lowest BCUT2D eigenvalue weighted by molar-refractivity contribution is 0.0944. The first-order chi connectivity index (χ1) is 9.27. The van der Waals surface area contributed by atoms with E-state index in [9.17, 15) is 4.79 Å². The molecule has 2 aromatic heterocycles. The molecular weight excluding hydrogens is 244 g/mol. The summed E-state index contributed by atoms with van der Waals surface area (Å²) in [5.41, 5.74) is 1.32. The molecule has 2 heterocycles. The SMILES string of the molecule is CCc1c(C(=O)NCCO)cnn1-c1ccccn1. The zero-order chi connectivity index (χ0) is 13.7. The number of carbonyl (C=O) groups is 1. The summed E-state index contributed by atoms with van der Waals surface area (Å²) >= 11 is 0. The molecule has 100 valence electrons. The summed E-state index contributed by atoms with van der Waals surface area (Å²) in [5, 5.41) is 15.6. The van der Waals surface area contributed by atoms with Gasteiger partial charge in [-0.1, -0.05) is 13.0 Å². The summed E-state index contributed by atoms with van der Waals surface area (Å²) in [4.78, 5) is 16.2. The topological polar surface area (TPSA) is 80.0 Å². The third-order valence-electron chi connectivity index (χ3n) is 2.71. The number of aliphatic hydroxyl groups is 1. The highest BCUT2D eigenvalue weighted by molar-refractivity contribution is 5.95. The lowest BCUT2D eigenvalue weighted by Gasteiger charge is -2.07. The average molecular weight is 260 g/mol. The molecule has 0 aliphatic carbocycles. The molecule has 0 saturated carbocycles. The molecule has 0 atom stereocenters. The Balaban J connectivity index is 2.33. The summed E-state index contributed by atoms with van der Waals surface area (Å²) in [5.74, 6) is 0.452. The van der Waals surface area contributed by atoms with Gasteiger partial charge in [0.2, 0.25) is 0 Å². The van der Waals surface area contributed by atoms with Gasteiger partial charge in [-0.3, -0.25) is 4.79 Å². The molecule has 2 aromatic rings. The number of nitrogens with one attached hydrogen (secondary N) is 1. The van der Waals surface area contributed by atoms with Crippen LogP contribution in [0.3, 0.4) is 0 Å². The van der Waals surface area contributed by atoms with E-state index >= 15 is 0 Å².